The van der Waals surface area contributed by atoms with Crippen molar-refractivity contribution in [2.75, 3.05) is 6.61 Å². The molecule has 3 fully saturated rings. The zero-order valence-corrected chi connectivity index (χ0v) is 11.4. The third-order valence-corrected chi connectivity index (χ3v) is 5.48. The third-order valence-electron chi connectivity index (χ3n) is 5.48. The first-order valence-electron chi connectivity index (χ1n) is 7.51. The molecular weight excluding hydrogens is 212 g/mol. The molecule has 0 aromatic rings. The Kier molecular flexibility index (Phi) is 2.99. The van der Waals surface area contributed by atoms with Crippen LogP contribution in [0.1, 0.15) is 52.9 Å². The van der Waals surface area contributed by atoms with Gasteiger partial charge in [-0.3, -0.25) is 0 Å². The zero-order valence-electron chi connectivity index (χ0n) is 11.4. The normalized spacial score (nSPS) is 52.8. The van der Waals surface area contributed by atoms with Gasteiger partial charge in [0.15, 0.2) is 5.79 Å². The summed E-state index contributed by atoms with van der Waals surface area (Å²) in [5.74, 6) is 3.05. The van der Waals surface area contributed by atoms with Crippen LogP contribution in [0.25, 0.3) is 0 Å². The number of hydrogen-bond acceptors (Lipinski definition) is 2. The van der Waals surface area contributed by atoms with Gasteiger partial charge in [0.05, 0.1) is 12.7 Å². The quantitative estimate of drug-likeness (QED) is 0.748. The van der Waals surface area contributed by atoms with Gasteiger partial charge in [0.1, 0.15) is 0 Å². The van der Waals surface area contributed by atoms with Gasteiger partial charge in [-0.25, -0.2) is 0 Å². The zero-order chi connectivity index (χ0) is 12.0. The molecule has 0 amide bonds. The number of rotatable bonds is 3. The van der Waals surface area contributed by atoms with Crippen molar-refractivity contribution in [3.05, 3.63) is 0 Å². The smallest absolute Gasteiger partial charge is 0.168 e. The number of fused-ring (bicyclic) bond motifs is 5. The molecule has 0 aromatic carbocycles. The van der Waals surface area contributed by atoms with Crippen molar-refractivity contribution in [1.82, 2.24) is 0 Å². The summed E-state index contributed by atoms with van der Waals surface area (Å²) < 4.78 is 12.6. The molecule has 0 spiro atoms. The first-order valence-corrected chi connectivity index (χ1v) is 7.51. The Morgan fingerprint density at radius 3 is 2.71 bits per heavy atom. The monoisotopic (exact) mass is 238 g/mol. The Morgan fingerprint density at radius 2 is 2.00 bits per heavy atom. The number of ether oxygens (including phenoxy) is 2. The lowest BCUT2D eigenvalue weighted by molar-refractivity contribution is -0.324. The van der Waals surface area contributed by atoms with E-state index in [-0.39, 0.29) is 5.79 Å². The Morgan fingerprint density at radius 1 is 1.18 bits per heavy atom. The van der Waals surface area contributed by atoms with Gasteiger partial charge in [-0.1, -0.05) is 27.2 Å². The molecule has 17 heavy (non-hydrogen) atoms. The highest BCUT2D eigenvalue weighted by atomic mass is 16.7. The lowest BCUT2D eigenvalue weighted by Gasteiger charge is -2.47. The van der Waals surface area contributed by atoms with Crippen LogP contribution in [0.3, 0.4) is 0 Å². The van der Waals surface area contributed by atoms with Crippen LogP contribution in [0.5, 0.6) is 0 Å². The minimum absolute atomic E-state index is 0.246. The van der Waals surface area contributed by atoms with Crippen molar-refractivity contribution in [2.24, 2.45) is 23.7 Å². The van der Waals surface area contributed by atoms with Gasteiger partial charge >= 0.3 is 0 Å². The Bertz CT molecular complexity index is 291. The van der Waals surface area contributed by atoms with E-state index in [1.807, 2.05) is 0 Å². The van der Waals surface area contributed by atoms with Gasteiger partial charge in [0.2, 0.25) is 0 Å². The molecule has 2 heteroatoms. The van der Waals surface area contributed by atoms with E-state index in [1.165, 1.54) is 12.8 Å². The molecule has 2 nitrogen and oxygen atoms in total. The first-order chi connectivity index (χ1) is 8.19. The predicted molar refractivity (Wildman–Crippen MR) is 67.6 cm³/mol. The van der Waals surface area contributed by atoms with Crippen LogP contribution in [0.15, 0.2) is 0 Å². The summed E-state index contributed by atoms with van der Waals surface area (Å²) >= 11 is 0. The second kappa shape index (κ2) is 4.24. The molecule has 98 valence electrons. The SMILES string of the molecule is CCCC1(CC)OCC2C3CC(CC3C)C2O1. The first kappa shape index (κ1) is 12.0. The van der Waals surface area contributed by atoms with Crippen LogP contribution in [-0.2, 0) is 9.47 Å². The fourth-order valence-electron chi connectivity index (χ4n) is 4.60. The van der Waals surface area contributed by atoms with E-state index in [1.54, 1.807) is 0 Å². The van der Waals surface area contributed by atoms with Crippen molar-refractivity contribution in [3.8, 4) is 0 Å². The third kappa shape index (κ3) is 1.76. The van der Waals surface area contributed by atoms with Gasteiger partial charge in [0, 0.05) is 12.3 Å². The van der Waals surface area contributed by atoms with Gasteiger partial charge in [0.25, 0.3) is 0 Å². The van der Waals surface area contributed by atoms with Crippen molar-refractivity contribution >= 4 is 0 Å². The molecule has 6 unspecified atom stereocenters. The Labute approximate surface area is 105 Å². The van der Waals surface area contributed by atoms with E-state index in [0.29, 0.717) is 12.0 Å². The van der Waals surface area contributed by atoms with Crippen LogP contribution in [0.4, 0.5) is 0 Å². The molecule has 2 saturated carbocycles. The summed E-state index contributed by atoms with van der Waals surface area (Å²) in [6.07, 6.45) is 6.49. The Balaban J connectivity index is 1.75. The van der Waals surface area contributed by atoms with Gasteiger partial charge in [-0.2, -0.15) is 0 Å². The molecule has 0 N–H and O–H groups in total. The highest BCUT2D eigenvalue weighted by molar-refractivity contribution is 5.02. The molecule has 2 aliphatic carbocycles. The lowest BCUT2D eigenvalue weighted by atomic mass is 9.79. The lowest BCUT2D eigenvalue weighted by Crippen LogP contribution is -2.51. The molecule has 3 rings (SSSR count). The minimum atomic E-state index is -0.246. The highest BCUT2D eigenvalue weighted by Gasteiger charge is 2.56. The topological polar surface area (TPSA) is 18.5 Å². The van der Waals surface area contributed by atoms with Gasteiger partial charge < -0.3 is 9.47 Å². The molecule has 1 heterocycles. The molecule has 0 aromatic heterocycles. The summed E-state index contributed by atoms with van der Waals surface area (Å²) in [4.78, 5) is 0. The van der Waals surface area contributed by atoms with E-state index >= 15 is 0 Å². The second-order valence-electron chi connectivity index (χ2n) is 6.44. The number of hydrogen-bond donors (Lipinski definition) is 0. The van der Waals surface area contributed by atoms with E-state index in [4.69, 9.17) is 9.47 Å². The van der Waals surface area contributed by atoms with Crippen molar-refractivity contribution in [1.29, 1.82) is 0 Å². The van der Waals surface area contributed by atoms with E-state index in [2.05, 4.69) is 20.8 Å². The van der Waals surface area contributed by atoms with Crippen LogP contribution in [0.2, 0.25) is 0 Å². The standard InChI is InChI=1S/C15H26O2/c1-4-6-15(5-2)16-9-13-12-8-11(7-10(12)3)14(13)17-15/h10-14H,4-9H2,1-3H3. The fraction of sp³-hybridized carbons (Fsp3) is 1.00. The molecule has 6 atom stereocenters. The molecule has 1 aliphatic heterocycles. The molecular formula is C15H26O2. The van der Waals surface area contributed by atoms with Gasteiger partial charge in [-0.15, -0.1) is 0 Å². The summed E-state index contributed by atoms with van der Waals surface area (Å²) in [5, 5.41) is 0. The second-order valence-corrected chi connectivity index (χ2v) is 6.44. The van der Waals surface area contributed by atoms with E-state index < -0.39 is 0 Å². The van der Waals surface area contributed by atoms with Crippen LogP contribution in [0, 0.1) is 23.7 Å². The largest absolute Gasteiger partial charge is 0.350 e. The predicted octanol–water partition coefficient (Wildman–Crippen LogP) is 3.60. The van der Waals surface area contributed by atoms with Crippen LogP contribution >= 0.6 is 0 Å². The van der Waals surface area contributed by atoms with E-state index in [0.717, 1.165) is 43.6 Å². The fourth-order valence-corrected chi connectivity index (χ4v) is 4.60. The summed E-state index contributed by atoms with van der Waals surface area (Å²) in [6, 6.07) is 0. The molecule has 3 aliphatic rings. The summed E-state index contributed by atoms with van der Waals surface area (Å²) in [6.45, 7) is 7.78. The minimum Gasteiger partial charge on any atom is -0.350 e. The maximum Gasteiger partial charge on any atom is 0.168 e. The van der Waals surface area contributed by atoms with Gasteiger partial charge in [-0.05, 0) is 37.0 Å². The summed E-state index contributed by atoms with van der Waals surface area (Å²) in [7, 11) is 0. The molecule has 0 radical (unpaired) electrons. The Hall–Kier alpha value is -0.0800. The average Bonchev–Trinajstić information content (AvgIpc) is 2.86. The van der Waals surface area contributed by atoms with Crippen molar-refractivity contribution < 1.29 is 9.47 Å². The molecule has 1 saturated heterocycles. The van der Waals surface area contributed by atoms with Crippen molar-refractivity contribution in [3.63, 3.8) is 0 Å². The average molecular weight is 238 g/mol. The van der Waals surface area contributed by atoms with Crippen molar-refractivity contribution in [2.45, 2.75) is 64.8 Å². The maximum absolute atomic E-state index is 6.45. The summed E-state index contributed by atoms with van der Waals surface area (Å²) in [5.41, 5.74) is 0. The maximum atomic E-state index is 6.45. The molecule has 2 bridgehead atoms. The van der Waals surface area contributed by atoms with E-state index in [9.17, 15) is 0 Å². The highest BCUT2D eigenvalue weighted by Crippen LogP contribution is 2.56. The van der Waals surface area contributed by atoms with Crippen LogP contribution in [-0.4, -0.2) is 18.5 Å². The van der Waals surface area contributed by atoms with Crippen LogP contribution < -0.4 is 0 Å².